The molecule has 1 aliphatic rings. The number of hydrogen-bond donors (Lipinski definition) is 1. The molecule has 1 fully saturated rings. The molecule has 0 radical (unpaired) electrons. The molecular formula is C12H13NO4. The molecule has 5 nitrogen and oxygen atoms in total. The molecule has 0 saturated carbocycles. The average molecular weight is 235 g/mol. The van der Waals surface area contributed by atoms with Gasteiger partial charge in [0, 0.05) is 25.7 Å². The van der Waals surface area contributed by atoms with Gasteiger partial charge in [-0.2, -0.15) is 0 Å². The zero-order valence-electron chi connectivity index (χ0n) is 9.87. The number of carbonyl (C=O) groups excluding carboxylic acids is 2. The Bertz CT molecular complexity index is 488. The molecule has 1 aromatic heterocycles. The minimum Gasteiger partial charge on any atom is -0.419 e. The molecule has 0 bridgehead atoms. The molecule has 1 aromatic rings. The highest BCUT2D eigenvalue weighted by Crippen LogP contribution is 2.24. The summed E-state index contributed by atoms with van der Waals surface area (Å²) < 4.78 is 9.96. The van der Waals surface area contributed by atoms with Crippen LogP contribution in [0.2, 0.25) is 0 Å². The predicted octanol–water partition coefficient (Wildman–Crippen LogP) is 1.54. The number of carbonyl (C=O) groups is 2. The molecule has 0 aliphatic carbocycles. The van der Waals surface area contributed by atoms with Crippen LogP contribution < -0.4 is 0 Å². The number of aromatic nitrogens is 1. The molecule has 1 saturated heterocycles. The fraction of sp³-hybridized carbons (Fsp3) is 0.333. The number of nitrogens with one attached hydrogen (secondary N) is 1. The summed E-state index contributed by atoms with van der Waals surface area (Å²) in [4.78, 5) is 26.2. The van der Waals surface area contributed by atoms with Gasteiger partial charge in [-0.15, -0.1) is 0 Å². The second kappa shape index (κ2) is 3.76. The molecule has 0 spiro atoms. The molecule has 0 amide bonds. The van der Waals surface area contributed by atoms with Crippen LogP contribution in [-0.4, -0.2) is 22.7 Å². The normalized spacial score (nSPS) is 18.6. The van der Waals surface area contributed by atoms with Gasteiger partial charge in [-0.1, -0.05) is 0 Å². The Balaban J connectivity index is 2.34. The van der Waals surface area contributed by atoms with Crippen LogP contribution in [0.15, 0.2) is 17.8 Å². The first-order valence-corrected chi connectivity index (χ1v) is 5.21. The van der Waals surface area contributed by atoms with E-state index >= 15 is 0 Å². The van der Waals surface area contributed by atoms with E-state index in [0.717, 1.165) is 5.56 Å². The van der Waals surface area contributed by atoms with Gasteiger partial charge in [-0.3, -0.25) is 0 Å². The molecule has 0 aromatic carbocycles. The van der Waals surface area contributed by atoms with E-state index in [-0.39, 0.29) is 5.57 Å². The second-order valence-electron chi connectivity index (χ2n) is 4.31. The summed E-state index contributed by atoms with van der Waals surface area (Å²) in [5.74, 6) is -2.53. The zero-order chi connectivity index (χ0) is 12.6. The van der Waals surface area contributed by atoms with Crippen LogP contribution in [0.1, 0.15) is 25.1 Å². The summed E-state index contributed by atoms with van der Waals surface area (Å²) in [6.45, 7) is 4.89. The van der Waals surface area contributed by atoms with Crippen LogP contribution in [0.3, 0.4) is 0 Å². The van der Waals surface area contributed by atoms with Crippen molar-refractivity contribution in [1.29, 1.82) is 0 Å². The van der Waals surface area contributed by atoms with Gasteiger partial charge in [0.1, 0.15) is 5.57 Å². The van der Waals surface area contributed by atoms with Crippen LogP contribution in [-0.2, 0) is 19.1 Å². The monoisotopic (exact) mass is 235 g/mol. The summed E-state index contributed by atoms with van der Waals surface area (Å²) in [7, 11) is 0. The third kappa shape index (κ3) is 2.22. The van der Waals surface area contributed by atoms with Crippen molar-refractivity contribution in [3.05, 3.63) is 29.1 Å². The van der Waals surface area contributed by atoms with Gasteiger partial charge in [0.2, 0.25) is 0 Å². The fourth-order valence-electron chi connectivity index (χ4n) is 1.54. The maximum Gasteiger partial charge on any atom is 0.348 e. The maximum absolute atomic E-state index is 11.7. The summed E-state index contributed by atoms with van der Waals surface area (Å²) >= 11 is 0. The molecule has 90 valence electrons. The number of H-pyrrole nitrogens is 1. The van der Waals surface area contributed by atoms with Crippen molar-refractivity contribution in [1.82, 2.24) is 4.98 Å². The molecule has 0 unspecified atom stereocenters. The van der Waals surface area contributed by atoms with Crippen molar-refractivity contribution in [3.63, 3.8) is 0 Å². The third-order valence-corrected chi connectivity index (χ3v) is 2.40. The van der Waals surface area contributed by atoms with Gasteiger partial charge in [-0.25, -0.2) is 9.59 Å². The number of esters is 2. The van der Waals surface area contributed by atoms with E-state index in [1.807, 2.05) is 13.0 Å². The van der Waals surface area contributed by atoms with Crippen LogP contribution in [0, 0.1) is 6.92 Å². The van der Waals surface area contributed by atoms with Crippen molar-refractivity contribution in [3.8, 4) is 0 Å². The van der Waals surface area contributed by atoms with Crippen molar-refractivity contribution in [2.45, 2.75) is 26.6 Å². The molecule has 2 heterocycles. The maximum atomic E-state index is 11.7. The van der Waals surface area contributed by atoms with Gasteiger partial charge in [0.05, 0.1) is 0 Å². The Morgan fingerprint density at radius 1 is 1.24 bits per heavy atom. The molecule has 5 heteroatoms. The van der Waals surface area contributed by atoms with E-state index in [1.54, 1.807) is 6.20 Å². The molecule has 1 aliphatic heterocycles. The minimum atomic E-state index is -1.20. The highest BCUT2D eigenvalue weighted by Gasteiger charge is 2.38. The van der Waals surface area contributed by atoms with Gasteiger partial charge in [0.15, 0.2) is 0 Å². The Labute approximate surface area is 98.4 Å². The Hall–Kier alpha value is -2.04. The second-order valence-corrected chi connectivity index (χ2v) is 4.31. The van der Waals surface area contributed by atoms with E-state index < -0.39 is 17.7 Å². The van der Waals surface area contributed by atoms with Crippen LogP contribution in [0.4, 0.5) is 0 Å². The lowest BCUT2D eigenvalue weighted by molar-refractivity contribution is -0.222. The molecule has 0 atom stereocenters. The number of hydrogen-bond acceptors (Lipinski definition) is 4. The molecular weight excluding hydrogens is 222 g/mol. The van der Waals surface area contributed by atoms with Crippen LogP contribution in [0.25, 0.3) is 6.08 Å². The van der Waals surface area contributed by atoms with Crippen molar-refractivity contribution >= 4 is 18.0 Å². The van der Waals surface area contributed by atoms with E-state index in [0.29, 0.717) is 5.69 Å². The fourth-order valence-corrected chi connectivity index (χ4v) is 1.54. The lowest BCUT2D eigenvalue weighted by Gasteiger charge is -2.29. The van der Waals surface area contributed by atoms with Gasteiger partial charge in [0.25, 0.3) is 5.79 Å². The van der Waals surface area contributed by atoms with Gasteiger partial charge < -0.3 is 14.5 Å². The largest absolute Gasteiger partial charge is 0.419 e. The Morgan fingerprint density at radius 2 is 1.82 bits per heavy atom. The lowest BCUT2D eigenvalue weighted by atomic mass is 10.1. The Kier molecular flexibility index (Phi) is 2.53. The van der Waals surface area contributed by atoms with E-state index in [4.69, 9.17) is 9.47 Å². The summed E-state index contributed by atoms with van der Waals surface area (Å²) in [5.41, 5.74) is 1.52. The molecule has 1 N–H and O–H groups in total. The highest BCUT2D eigenvalue weighted by molar-refractivity contribution is 6.18. The van der Waals surface area contributed by atoms with Crippen molar-refractivity contribution < 1.29 is 19.1 Å². The standard InChI is InChI=1S/C12H13NO4/c1-7-4-5-13-9(7)6-8-10(14)16-12(2,3)17-11(8)15/h4-6,13H,1-3H3. The number of rotatable bonds is 1. The van der Waals surface area contributed by atoms with Gasteiger partial charge in [-0.05, 0) is 24.6 Å². The zero-order valence-corrected chi connectivity index (χ0v) is 9.87. The van der Waals surface area contributed by atoms with Crippen molar-refractivity contribution in [2.24, 2.45) is 0 Å². The van der Waals surface area contributed by atoms with Crippen LogP contribution >= 0.6 is 0 Å². The highest BCUT2D eigenvalue weighted by atomic mass is 16.7. The minimum absolute atomic E-state index is 0.102. The lowest BCUT2D eigenvalue weighted by Crippen LogP contribution is -2.41. The Morgan fingerprint density at radius 3 is 2.29 bits per heavy atom. The van der Waals surface area contributed by atoms with E-state index in [2.05, 4.69) is 4.98 Å². The SMILES string of the molecule is Cc1cc[nH]c1C=C1C(=O)OC(C)(C)OC1=O. The quantitative estimate of drug-likeness (QED) is 0.455. The van der Waals surface area contributed by atoms with E-state index in [9.17, 15) is 9.59 Å². The average Bonchev–Trinajstić information content (AvgIpc) is 2.56. The summed E-state index contributed by atoms with van der Waals surface area (Å²) in [6.07, 6.45) is 3.17. The topological polar surface area (TPSA) is 68.4 Å². The number of cyclic esters (lactones) is 2. The smallest absolute Gasteiger partial charge is 0.348 e. The molecule has 2 rings (SSSR count). The number of aromatic amines is 1. The third-order valence-electron chi connectivity index (χ3n) is 2.40. The van der Waals surface area contributed by atoms with Crippen molar-refractivity contribution in [2.75, 3.05) is 0 Å². The number of ether oxygens (including phenoxy) is 2. The summed E-state index contributed by atoms with van der Waals surface area (Å²) in [5, 5.41) is 0. The molecule has 17 heavy (non-hydrogen) atoms. The first-order valence-electron chi connectivity index (χ1n) is 5.21. The van der Waals surface area contributed by atoms with Gasteiger partial charge >= 0.3 is 11.9 Å². The number of aryl methyl sites for hydroxylation is 1. The predicted molar refractivity (Wildman–Crippen MR) is 59.8 cm³/mol. The van der Waals surface area contributed by atoms with Crippen LogP contribution in [0.5, 0.6) is 0 Å². The summed E-state index contributed by atoms with van der Waals surface area (Å²) in [6, 6.07) is 1.84. The first-order chi connectivity index (χ1) is 7.89. The first kappa shape index (κ1) is 11.4. The van der Waals surface area contributed by atoms with E-state index in [1.165, 1.54) is 19.9 Å².